The summed E-state index contributed by atoms with van der Waals surface area (Å²) < 4.78 is 28.6. The number of halogens is 2. The number of anilines is 2. The number of sulfonamides is 1. The van der Waals surface area contributed by atoms with Crippen LogP contribution in [0.25, 0.3) is 0 Å². The van der Waals surface area contributed by atoms with Crippen molar-refractivity contribution in [2.24, 2.45) is 0 Å². The van der Waals surface area contributed by atoms with Gasteiger partial charge in [0.05, 0.1) is 10.6 Å². The minimum absolute atomic E-state index is 0.121. The molecular formula is C13H12Br2N2O2S. The van der Waals surface area contributed by atoms with Gasteiger partial charge in [-0.1, -0.05) is 15.9 Å². The number of rotatable bonds is 3. The van der Waals surface area contributed by atoms with E-state index in [0.29, 0.717) is 15.8 Å². The Kier molecular flexibility index (Phi) is 4.41. The van der Waals surface area contributed by atoms with Crippen molar-refractivity contribution < 1.29 is 8.42 Å². The maximum Gasteiger partial charge on any atom is 0.261 e. The molecule has 4 nitrogen and oxygen atoms in total. The fourth-order valence-electron chi connectivity index (χ4n) is 1.70. The lowest BCUT2D eigenvalue weighted by Crippen LogP contribution is -2.13. The molecule has 0 aliphatic heterocycles. The van der Waals surface area contributed by atoms with Crippen molar-refractivity contribution >= 4 is 53.3 Å². The molecule has 0 aliphatic carbocycles. The van der Waals surface area contributed by atoms with Crippen LogP contribution in [0.15, 0.2) is 50.2 Å². The molecule has 0 saturated heterocycles. The summed E-state index contributed by atoms with van der Waals surface area (Å²) in [5, 5.41) is 0. The molecule has 2 rings (SSSR count). The highest BCUT2D eigenvalue weighted by atomic mass is 79.9. The van der Waals surface area contributed by atoms with Gasteiger partial charge < -0.3 is 5.73 Å². The smallest absolute Gasteiger partial charge is 0.261 e. The third kappa shape index (κ3) is 3.53. The van der Waals surface area contributed by atoms with Gasteiger partial charge in [0.15, 0.2) is 0 Å². The van der Waals surface area contributed by atoms with Crippen LogP contribution < -0.4 is 10.5 Å². The van der Waals surface area contributed by atoms with E-state index in [1.165, 1.54) is 12.1 Å². The summed E-state index contributed by atoms with van der Waals surface area (Å²) >= 11 is 6.57. The van der Waals surface area contributed by atoms with Gasteiger partial charge in [-0.15, -0.1) is 0 Å². The van der Waals surface area contributed by atoms with Gasteiger partial charge in [0.25, 0.3) is 10.0 Å². The Morgan fingerprint density at radius 2 is 1.80 bits per heavy atom. The van der Waals surface area contributed by atoms with Crippen molar-refractivity contribution in [1.29, 1.82) is 0 Å². The second-order valence-electron chi connectivity index (χ2n) is 4.31. The Hall–Kier alpha value is -1.05. The number of hydrogen-bond donors (Lipinski definition) is 2. The lowest BCUT2D eigenvalue weighted by molar-refractivity contribution is 0.601. The van der Waals surface area contributed by atoms with E-state index in [9.17, 15) is 8.42 Å². The Morgan fingerprint density at radius 3 is 2.40 bits per heavy atom. The molecule has 0 saturated carbocycles. The summed E-state index contributed by atoms with van der Waals surface area (Å²) in [7, 11) is -3.66. The van der Waals surface area contributed by atoms with Gasteiger partial charge in [-0.05, 0) is 64.8 Å². The Balaban J connectivity index is 2.37. The van der Waals surface area contributed by atoms with Crippen molar-refractivity contribution in [3.63, 3.8) is 0 Å². The van der Waals surface area contributed by atoms with E-state index in [-0.39, 0.29) is 4.90 Å². The molecule has 0 bridgehead atoms. The van der Waals surface area contributed by atoms with Gasteiger partial charge in [-0.2, -0.15) is 0 Å². The van der Waals surface area contributed by atoms with Crippen LogP contribution >= 0.6 is 31.9 Å². The van der Waals surface area contributed by atoms with Crippen molar-refractivity contribution in [2.45, 2.75) is 11.8 Å². The SMILES string of the molecule is Cc1cc(Br)cc(NS(=O)(=O)c2ccc(Br)c(N)c2)c1. The molecule has 0 aromatic heterocycles. The number of nitrogens with one attached hydrogen (secondary N) is 1. The average molecular weight is 420 g/mol. The molecule has 0 radical (unpaired) electrons. The quantitative estimate of drug-likeness (QED) is 0.741. The predicted molar refractivity (Wildman–Crippen MR) is 88.2 cm³/mol. The van der Waals surface area contributed by atoms with Crippen LogP contribution in [0, 0.1) is 6.92 Å². The highest BCUT2D eigenvalue weighted by molar-refractivity contribution is 9.10. The second-order valence-corrected chi connectivity index (χ2v) is 7.76. The normalized spacial score (nSPS) is 11.3. The molecule has 2 aromatic carbocycles. The minimum atomic E-state index is -3.66. The van der Waals surface area contributed by atoms with Crippen molar-refractivity contribution in [2.75, 3.05) is 10.5 Å². The molecule has 0 atom stereocenters. The predicted octanol–water partition coefficient (Wildman–Crippen LogP) is 3.90. The number of hydrogen-bond acceptors (Lipinski definition) is 3. The monoisotopic (exact) mass is 418 g/mol. The fourth-order valence-corrected chi connectivity index (χ4v) is 3.63. The summed E-state index contributed by atoms with van der Waals surface area (Å²) in [5.74, 6) is 0. The van der Waals surface area contributed by atoms with Crippen LogP contribution in [0.3, 0.4) is 0 Å². The number of nitrogen functional groups attached to an aromatic ring is 1. The third-order valence-electron chi connectivity index (χ3n) is 2.57. The molecule has 0 spiro atoms. The summed E-state index contributed by atoms with van der Waals surface area (Å²) in [6.45, 7) is 1.89. The number of nitrogens with two attached hydrogens (primary N) is 1. The summed E-state index contributed by atoms with van der Waals surface area (Å²) in [5.41, 5.74) is 7.54. The van der Waals surface area contributed by atoms with E-state index in [0.717, 1.165) is 10.0 Å². The zero-order valence-corrected chi connectivity index (χ0v) is 14.5. The van der Waals surface area contributed by atoms with Crippen LogP contribution in [0.1, 0.15) is 5.56 Å². The van der Waals surface area contributed by atoms with Gasteiger partial charge in [0, 0.05) is 14.6 Å². The van der Waals surface area contributed by atoms with E-state index in [1.807, 2.05) is 13.0 Å². The summed E-state index contributed by atoms with van der Waals surface area (Å²) in [4.78, 5) is 0.121. The van der Waals surface area contributed by atoms with Gasteiger partial charge in [0.1, 0.15) is 0 Å². The fraction of sp³-hybridized carbons (Fsp3) is 0.0769. The molecule has 2 aromatic rings. The van der Waals surface area contributed by atoms with E-state index < -0.39 is 10.0 Å². The van der Waals surface area contributed by atoms with E-state index in [2.05, 4.69) is 36.6 Å². The van der Waals surface area contributed by atoms with Crippen molar-refractivity contribution in [3.05, 3.63) is 50.9 Å². The first-order chi connectivity index (χ1) is 9.28. The van der Waals surface area contributed by atoms with E-state index in [1.54, 1.807) is 18.2 Å². The molecule has 0 heterocycles. The minimum Gasteiger partial charge on any atom is -0.398 e. The molecule has 0 amide bonds. The summed E-state index contributed by atoms with van der Waals surface area (Å²) in [6, 6.07) is 9.87. The lowest BCUT2D eigenvalue weighted by atomic mass is 10.2. The van der Waals surface area contributed by atoms with E-state index >= 15 is 0 Å². The van der Waals surface area contributed by atoms with Gasteiger partial charge in [0.2, 0.25) is 0 Å². The van der Waals surface area contributed by atoms with Gasteiger partial charge in [-0.3, -0.25) is 4.72 Å². The van der Waals surface area contributed by atoms with Crippen molar-refractivity contribution in [1.82, 2.24) is 0 Å². The largest absolute Gasteiger partial charge is 0.398 e. The highest BCUT2D eigenvalue weighted by Crippen LogP contribution is 2.25. The molecule has 7 heteroatoms. The molecule has 106 valence electrons. The molecule has 0 unspecified atom stereocenters. The molecule has 0 aliphatic rings. The molecule has 3 N–H and O–H groups in total. The Labute approximate surface area is 134 Å². The van der Waals surface area contributed by atoms with Crippen LogP contribution in [-0.4, -0.2) is 8.42 Å². The van der Waals surface area contributed by atoms with Crippen LogP contribution in [0.2, 0.25) is 0 Å². The average Bonchev–Trinajstić information content (AvgIpc) is 2.30. The first-order valence-corrected chi connectivity index (χ1v) is 8.70. The molecule has 0 fully saturated rings. The summed E-state index contributed by atoms with van der Waals surface area (Å²) in [6.07, 6.45) is 0. The maximum absolute atomic E-state index is 12.3. The highest BCUT2D eigenvalue weighted by Gasteiger charge is 2.15. The standard InChI is InChI=1S/C13H12Br2N2O2S/c1-8-4-9(14)6-10(5-8)17-20(18,19)11-2-3-12(15)13(16)7-11/h2-7,17H,16H2,1H3. The zero-order chi connectivity index (χ0) is 14.9. The Morgan fingerprint density at radius 1 is 1.10 bits per heavy atom. The molecular weight excluding hydrogens is 408 g/mol. The van der Waals surface area contributed by atoms with Gasteiger partial charge in [-0.25, -0.2) is 8.42 Å². The Bertz CT molecular complexity index is 741. The van der Waals surface area contributed by atoms with Crippen LogP contribution in [0.5, 0.6) is 0 Å². The number of aryl methyl sites for hydroxylation is 1. The first kappa shape index (κ1) is 15.3. The second kappa shape index (κ2) is 5.75. The number of benzene rings is 2. The third-order valence-corrected chi connectivity index (χ3v) is 5.13. The zero-order valence-electron chi connectivity index (χ0n) is 10.5. The topological polar surface area (TPSA) is 72.2 Å². The lowest BCUT2D eigenvalue weighted by Gasteiger charge is -2.10. The van der Waals surface area contributed by atoms with Gasteiger partial charge >= 0.3 is 0 Å². The van der Waals surface area contributed by atoms with E-state index in [4.69, 9.17) is 5.73 Å². The van der Waals surface area contributed by atoms with Crippen LogP contribution in [0.4, 0.5) is 11.4 Å². The first-order valence-electron chi connectivity index (χ1n) is 5.63. The maximum atomic E-state index is 12.3. The van der Waals surface area contributed by atoms with Crippen molar-refractivity contribution in [3.8, 4) is 0 Å². The van der Waals surface area contributed by atoms with Crippen LogP contribution in [-0.2, 0) is 10.0 Å². The molecule has 20 heavy (non-hydrogen) atoms.